The number of esters is 3. The molecule has 0 saturated heterocycles. The Morgan fingerprint density at radius 2 is 0.559 bits per heavy atom. The highest BCUT2D eigenvalue weighted by atomic mass is 16.6. The van der Waals surface area contributed by atoms with E-state index in [1.165, 1.54) is 186 Å². The van der Waals surface area contributed by atoms with Crippen LogP contribution >= 0.6 is 0 Å². The van der Waals surface area contributed by atoms with Crippen LogP contribution in [0.5, 0.6) is 0 Å². The largest absolute Gasteiger partial charge is 0.462 e. The summed E-state index contributed by atoms with van der Waals surface area (Å²) in [6, 6.07) is 0. The van der Waals surface area contributed by atoms with Gasteiger partial charge in [0.2, 0.25) is 0 Å². The van der Waals surface area contributed by atoms with Crippen molar-refractivity contribution in [1.82, 2.24) is 0 Å². The first-order valence-electron chi connectivity index (χ1n) is 26.2. The fraction of sp³-hybridized carbons (Fsp3) is 0.906. The molecule has 0 aromatic carbocycles. The predicted octanol–water partition coefficient (Wildman–Crippen LogP) is 17.0. The molecule has 1 atom stereocenters. The van der Waals surface area contributed by atoms with E-state index in [2.05, 4.69) is 32.9 Å². The van der Waals surface area contributed by atoms with Gasteiger partial charge in [-0.25, -0.2) is 0 Å². The second-order valence-corrected chi connectivity index (χ2v) is 17.8. The van der Waals surface area contributed by atoms with Crippen LogP contribution in [-0.4, -0.2) is 37.2 Å². The van der Waals surface area contributed by atoms with Crippen LogP contribution in [0.4, 0.5) is 0 Å². The summed E-state index contributed by atoms with van der Waals surface area (Å²) in [5.74, 6) is -0.862. The lowest BCUT2D eigenvalue weighted by Crippen LogP contribution is -2.30. The third-order valence-corrected chi connectivity index (χ3v) is 11.8. The molecule has 0 unspecified atom stereocenters. The Bertz CT molecular complexity index is 916. The number of allylic oxidation sites excluding steroid dienone is 2. The van der Waals surface area contributed by atoms with E-state index in [1.54, 1.807) is 0 Å². The second-order valence-electron chi connectivity index (χ2n) is 17.8. The van der Waals surface area contributed by atoms with Crippen molar-refractivity contribution in [2.24, 2.45) is 0 Å². The van der Waals surface area contributed by atoms with Crippen molar-refractivity contribution < 1.29 is 28.6 Å². The molecule has 0 amide bonds. The summed E-state index contributed by atoms with van der Waals surface area (Å²) in [6.45, 7) is 6.64. The Balaban J connectivity index is 4.27. The molecule has 59 heavy (non-hydrogen) atoms. The van der Waals surface area contributed by atoms with Crippen molar-refractivity contribution in [1.29, 1.82) is 0 Å². The number of unbranched alkanes of at least 4 members (excludes halogenated alkanes) is 35. The number of carbonyl (C=O) groups is 3. The molecule has 0 radical (unpaired) electrons. The lowest BCUT2D eigenvalue weighted by Gasteiger charge is -2.18. The van der Waals surface area contributed by atoms with E-state index in [9.17, 15) is 14.4 Å². The monoisotopic (exact) mass is 833 g/mol. The van der Waals surface area contributed by atoms with E-state index < -0.39 is 6.10 Å². The van der Waals surface area contributed by atoms with E-state index in [0.29, 0.717) is 19.3 Å². The van der Waals surface area contributed by atoms with Gasteiger partial charge in [-0.1, -0.05) is 238 Å². The third-order valence-electron chi connectivity index (χ3n) is 11.8. The van der Waals surface area contributed by atoms with Gasteiger partial charge in [-0.05, 0) is 44.9 Å². The molecule has 0 heterocycles. The van der Waals surface area contributed by atoms with Gasteiger partial charge in [0.05, 0.1) is 0 Å². The average Bonchev–Trinajstić information content (AvgIpc) is 3.23. The minimum absolute atomic E-state index is 0.0682. The average molecular weight is 833 g/mol. The summed E-state index contributed by atoms with van der Waals surface area (Å²) in [7, 11) is 0. The summed E-state index contributed by atoms with van der Waals surface area (Å²) >= 11 is 0. The number of hydrogen-bond acceptors (Lipinski definition) is 6. The summed E-state index contributed by atoms with van der Waals surface area (Å²) in [5.41, 5.74) is 0. The van der Waals surface area contributed by atoms with Crippen molar-refractivity contribution >= 4 is 17.9 Å². The molecule has 0 bridgehead atoms. The van der Waals surface area contributed by atoms with Crippen LogP contribution in [0.15, 0.2) is 12.2 Å². The van der Waals surface area contributed by atoms with Gasteiger partial charge in [-0.15, -0.1) is 0 Å². The van der Waals surface area contributed by atoms with Gasteiger partial charge in [0, 0.05) is 19.3 Å². The molecule has 6 nitrogen and oxygen atoms in total. The minimum Gasteiger partial charge on any atom is -0.462 e. The molecule has 0 N–H and O–H groups in total. The SMILES string of the molecule is CCCCCC/C=C\CCCCCCCC(=O)O[C@H](COC(=O)CCCCCCCCCCCC)COC(=O)CCCCCCCCCCCCCCCCCCCC. The van der Waals surface area contributed by atoms with Crippen LogP contribution in [-0.2, 0) is 28.6 Å². The summed E-state index contributed by atoms with van der Waals surface area (Å²) in [6.07, 6.45) is 53.4. The summed E-state index contributed by atoms with van der Waals surface area (Å²) in [5, 5.41) is 0. The van der Waals surface area contributed by atoms with Crippen molar-refractivity contribution in [3.63, 3.8) is 0 Å². The minimum atomic E-state index is -0.766. The molecule has 0 aliphatic carbocycles. The van der Waals surface area contributed by atoms with Gasteiger partial charge in [0.1, 0.15) is 13.2 Å². The van der Waals surface area contributed by atoms with Gasteiger partial charge in [-0.2, -0.15) is 0 Å². The van der Waals surface area contributed by atoms with E-state index >= 15 is 0 Å². The summed E-state index contributed by atoms with van der Waals surface area (Å²) in [4.78, 5) is 37.9. The van der Waals surface area contributed by atoms with Gasteiger partial charge in [-0.3, -0.25) is 14.4 Å². The van der Waals surface area contributed by atoms with Crippen LogP contribution in [0.25, 0.3) is 0 Å². The molecular formula is C53H100O6. The standard InChI is InChI=1S/C53H100O6/c1-4-7-10-13-16-19-22-24-25-26-27-28-30-31-34-37-40-43-46-52(55)58-49-50(48-57-51(54)45-42-39-36-33-21-18-15-12-9-6-3)59-53(56)47-44-41-38-35-32-29-23-20-17-14-11-8-5-2/h20,23,50H,4-19,21-22,24-49H2,1-3H3/b23-20-/t50-/m1/s1. The van der Waals surface area contributed by atoms with Crippen molar-refractivity contribution in [2.45, 2.75) is 297 Å². The van der Waals surface area contributed by atoms with Crippen molar-refractivity contribution in [3.8, 4) is 0 Å². The second kappa shape index (κ2) is 48.8. The van der Waals surface area contributed by atoms with E-state index in [0.717, 1.165) is 64.2 Å². The van der Waals surface area contributed by atoms with E-state index in [4.69, 9.17) is 14.2 Å². The van der Waals surface area contributed by atoms with Crippen LogP contribution in [0.2, 0.25) is 0 Å². The fourth-order valence-electron chi connectivity index (χ4n) is 7.79. The molecule has 0 fully saturated rings. The van der Waals surface area contributed by atoms with E-state index in [1.807, 2.05) is 0 Å². The highest BCUT2D eigenvalue weighted by Crippen LogP contribution is 2.16. The Hall–Kier alpha value is -1.85. The van der Waals surface area contributed by atoms with Crippen molar-refractivity contribution in [2.75, 3.05) is 13.2 Å². The molecule has 6 heteroatoms. The molecular weight excluding hydrogens is 733 g/mol. The molecule has 0 aliphatic heterocycles. The fourth-order valence-corrected chi connectivity index (χ4v) is 7.79. The number of rotatable bonds is 48. The normalized spacial score (nSPS) is 12.0. The first-order chi connectivity index (χ1) is 29.0. The highest BCUT2D eigenvalue weighted by Gasteiger charge is 2.19. The molecule has 0 saturated carbocycles. The quantitative estimate of drug-likeness (QED) is 0.0263. The lowest BCUT2D eigenvalue weighted by molar-refractivity contribution is -0.167. The molecule has 0 spiro atoms. The molecule has 0 aromatic rings. The van der Waals surface area contributed by atoms with Crippen LogP contribution < -0.4 is 0 Å². The zero-order valence-electron chi connectivity index (χ0n) is 39.8. The molecule has 348 valence electrons. The van der Waals surface area contributed by atoms with Crippen LogP contribution in [0.1, 0.15) is 290 Å². The first kappa shape index (κ1) is 57.1. The molecule has 0 aromatic heterocycles. The third kappa shape index (κ3) is 47.1. The topological polar surface area (TPSA) is 78.9 Å². The maximum absolute atomic E-state index is 12.8. The van der Waals surface area contributed by atoms with Crippen LogP contribution in [0.3, 0.4) is 0 Å². The first-order valence-corrected chi connectivity index (χ1v) is 26.2. The summed E-state index contributed by atoms with van der Waals surface area (Å²) < 4.78 is 16.8. The Kier molecular flexibility index (Phi) is 47.3. The maximum atomic E-state index is 12.8. The smallest absolute Gasteiger partial charge is 0.306 e. The Labute approximate surface area is 367 Å². The van der Waals surface area contributed by atoms with Gasteiger partial charge >= 0.3 is 17.9 Å². The molecule has 0 rings (SSSR count). The van der Waals surface area contributed by atoms with Crippen molar-refractivity contribution in [3.05, 3.63) is 12.2 Å². The predicted molar refractivity (Wildman–Crippen MR) is 252 cm³/mol. The Morgan fingerprint density at radius 1 is 0.322 bits per heavy atom. The van der Waals surface area contributed by atoms with E-state index in [-0.39, 0.29) is 31.1 Å². The molecule has 0 aliphatic rings. The van der Waals surface area contributed by atoms with Gasteiger partial charge < -0.3 is 14.2 Å². The van der Waals surface area contributed by atoms with Gasteiger partial charge in [0.25, 0.3) is 0 Å². The van der Waals surface area contributed by atoms with Crippen LogP contribution in [0, 0.1) is 0 Å². The maximum Gasteiger partial charge on any atom is 0.306 e. The van der Waals surface area contributed by atoms with Gasteiger partial charge in [0.15, 0.2) is 6.10 Å². The number of hydrogen-bond donors (Lipinski definition) is 0. The number of carbonyl (C=O) groups excluding carboxylic acids is 3. The Morgan fingerprint density at radius 3 is 0.864 bits per heavy atom. The zero-order chi connectivity index (χ0) is 43.0. The zero-order valence-corrected chi connectivity index (χ0v) is 39.8. The lowest BCUT2D eigenvalue weighted by atomic mass is 10.0. The number of ether oxygens (including phenoxy) is 3. The highest BCUT2D eigenvalue weighted by molar-refractivity contribution is 5.71.